The summed E-state index contributed by atoms with van der Waals surface area (Å²) in [5.41, 5.74) is 4.73. The van der Waals surface area contributed by atoms with E-state index in [1.54, 1.807) is 0 Å². The fourth-order valence-electron chi connectivity index (χ4n) is 0.279. The highest BCUT2D eigenvalue weighted by Crippen LogP contribution is 1.82. The molecule has 0 unspecified atom stereocenters. The van der Waals surface area contributed by atoms with E-state index < -0.39 is 5.91 Å². The van der Waals surface area contributed by atoms with E-state index in [4.69, 9.17) is 5.73 Å². The topological polar surface area (TPSA) is 82.0 Å². The third-order valence-corrected chi connectivity index (χ3v) is 0.582. The van der Waals surface area contributed by atoms with Crippen LogP contribution in [0.5, 0.6) is 0 Å². The lowest BCUT2D eigenvalue weighted by Crippen LogP contribution is -2.12. The molecule has 1 aromatic heterocycles. The van der Waals surface area contributed by atoms with Crippen LogP contribution in [-0.4, -0.2) is 16.0 Å². The van der Waals surface area contributed by atoms with Crippen LogP contribution in [0, 0.1) is 0 Å². The number of nitrogens with zero attached hydrogens (tertiary/aromatic N) is 2. The van der Waals surface area contributed by atoms with E-state index in [2.05, 4.69) is 14.7 Å². The molecule has 1 heterocycles. The van der Waals surface area contributed by atoms with E-state index in [9.17, 15) is 4.79 Å². The summed E-state index contributed by atoms with van der Waals surface area (Å²) in [5, 5.41) is 3.16. The van der Waals surface area contributed by atoms with Crippen molar-refractivity contribution < 1.29 is 9.32 Å². The summed E-state index contributed by atoms with van der Waals surface area (Å²) >= 11 is 0. The van der Waals surface area contributed by atoms with Crippen molar-refractivity contribution in [1.29, 1.82) is 0 Å². The van der Waals surface area contributed by atoms with Crippen molar-refractivity contribution in [1.82, 2.24) is 10.1 Å². The maximum absolute atomic E-state index is 10.1. The molecule has 0 radical (unpaired) electrons. The van der Waals surface area contributed by atoms with Gasteiger partial charge in [0, 0.05) is 0 Å². The molecular formula is C3H4ClN3O2. The molecule has 0 bridgehead atoms. The van der Waals surface area contributed by atoms with Crippen molar-refractivity contribution in [2.75, 3.05) is 0 Å². The van der Waals surface area contributed by atoms with Crippen molar-refractivity contribution in [3.8, 4) is 0 Å². The predicted octanol–water partition coefficient (Wildman–Crippen LogP) is -0.410. The number of carbonyl (C=O) groups is 1. The van der Waals surface area contributed by atoms with E-state index in [0.717, 1.165) is 6.39 Å². The molecule has 1 aromatic rings. The van der Waals surface area contributed by atoms with Crippen molar-refractivity contribution >= 4 is 18.3 Å². The molecule has 50 valence electrons. The fourth-order valence-corrected chi connectivity index (χ4v) is 0.279. The monoisotopic (exact) mass is 149 g/mol. The van der Waals surface area contributed by atoms with Gasteiger partial charge in [0.05, 0.1) is 0 Å². The van der Waals surface area contributed by atoms with Crippen molar-refractivity contribution in [3.05, 3.63) is 12.2 Å². The Bertz CT molecular complexity index is 185. The first-order valence-electron chi connectivity index (χ1n) is 1.87. The molecule has 0 atom stereocenters. The highest BCUT2D eigenvalue weighted by Gasteiger charge is 2.02. The van der Waals surface area contributed by atoms with Gasteiger partial charge < -0.3 is 10.3 Å². The summed E-state index contributed by atoms with van der Waals surface area (Å²) < 4.78 is 4.21. The smallest absolute Gasteiger partial charge is 0.290 e. The van der Waals surface area contributed by atoms with E-state index in [0.29, 0.717) is 0 Å². The SMILES string of the molecule is Cl.NC(=O)c1ncon1. The zero-order chi connectivity index (χ0) is 5.98. The molecule has 0 aliphatic carbocycles. The Morgan fingerprint density at radius 1 is 1.78 bits per heavy atom. The zero-order valence-electron chi connectivity index (χ0n) is 4.27. The molecule has 0 aliphatic rings. The summed E-state index contributed by atoms with van der Waals surface area (Å²) in [7, 11) is 0. The molecule has 0 fully saturated rings. The molecule has 5 nitrogen and oxygen atoms in total. The average Bonchev–Trinajstić information content (AvgIpc) is 2.12. The second kappa shape index (κ2) is 3.03. The number of hydrogen-bond donors (Lipinski definition) is 1. The Morgan fingerprint density at radius 2 is 2.44 bits per heavy atom. The number of nitrogens with two attached hydrogens (primary N) is 1. The molecule has 0 spiro atoms. The first kappa shape index (κ1) is 7.90. The van der Waals surface area contributed by atoms with Crippen LogP contribution in [0.4, 0.5) is 0 Å². The van der Waals surface area contributed by atoms with Crippen molar-refractivity contribution in [3.63, 3.8) is 0 Å². The minimum atomic E-state index is -0.682. The molecular weight excluding hydrogens is 146 g/mol. The van der Waals surface area contributed by atoms with Crippen molar-refractivity contribution in [2.45, 2.75) is 0 Å². The van der Waals surface area contributed by atoms with E-state index in [1.165, 1.54) is 0 Å². The third-order valence-electron chi connectivity index (χ3n) is 0.582. The number of rotatable bonds is 1. The van der Waals surface area contributed by atoms with Crippen LogP contribution >= 0.6 is 12.4 Å². The molecule has 9 heavy (non-hydrogen) atoms. The molecule has 0 aromatic carbocycles. The average molecular weight is 150 g/mol. The number of amides is 1. The number of hydrogen-bond acceptors (Lipinski definition) is 4. The highest BCUT2D eigenvalue weighted by atomic mass is 35.5. The van der Waals surface area contributed by atoms with Crippen LogP contribution in [0.1, 0.15) is 10.6 Å². The maximum atomic E-state index is 10.1. The van der Waals surface area contributed by atoms with E-state index >= 15 is 0 Å². The van der Waals surface area contributed by atoms with Gasteiger partial charge in [0.15, 0.2) is 0 Å². The Labute approximate surface area is 56.6 Å². The van der Waals surface area contributed by atoms with Gasteiger partial charge in [0.2, 0.25) is 6.39 Å². The van der Waals surface area contributed by atoms with Crippen LogP contribution in [0.3, 0.4) is 0 Å². The minimum Gasteiger partial charge on any atom is -0.363 e. The zero-order valence-corrected chi connectivity index (χ0v) is 5.09. The van der Waals surface area contributed by atoms with Crippen LogP contribution in [-0.2, 0) is 0 Å². The number of carbonyl (C=O) groups excluding carboxylic acids is 1. The number of halogens is 1. The molecule has 0 saturated heterocycles. The van der Waals surface area contributed by atoms with Crippen molar-refractivity contribution in [2.24, 2.45) is 5.73 Å². The number of primary amides is 1. The molecule has 0 aliphatic heterocycles. The van der Waals surface area contributed by atoms with Crippen LogP contribution in [0.25, 0.3) is 0 Å². The molecule has 0 saturated carbocycles. The van der Waals surface area contributed by atoms with E-state index in [-0.39, 0.29) is 18.2 Å². The lowest BCUT2D eigenvalue weighted by Gasteiger charge is -1.75. The summed E-state index contributed by atoms with van der Waals surface area (Å²) in [4.78, 5) is 13.5. The van der Waals surface area contributed by atoms with Gasteiger partial charge in [-0.25, -0.2) is 0 Å². The highest BCUT2D eigenvalue weighted by molar-refractivity contribution is 5.88. The largest absolute Gasteiger partial charge is 0.363 e. The second-order valence-corrected chi connectivity index (χ2v) is 1.12. The fraction of sp³-hybridized carbons (Fsp3) is 0. The first-order valence-corrected chi connectivity index (χ1v) is 1.87. The summed E-state index contributed by atoms with van der Waals surface area (Å²) in [6, 6.07) is 0. The van der Waals surface area contributed by atoms with Crippen LogP contribution in [0.2, 0.25) is 0 Å². The Kier molecular flexibility index (Phi) is 2.66. The van der Waals surface area contributed by atoms with Gasteiger partial charge in [-0.3, -0.25) is 4.79 Å². The normalized spacial score (nSPS) is 8.00. The van der Waals surface area contributed by atoms with Crippen LogP contribution < -0.4 is 5.73 Å². The third kappa shape index (κ3) is 1.69. The summed E-state index contributed by atoms with van der Waals surface area (Å²) in [6.45, 7) is 0. The standard InChI is InChI=1S/C3H3N3O2.ClH/c4-2(7)3-5-1-8-6-3;/h1H,(H2,4,7);1H. The van der Waals surface area contributed by atoms with E-state index in [1.807, 2.05) is 0 Å². The van der Waals surface area contributed by atoms with Gasteiger partial charge >= 0.3 is 0 Å². The Morgan fingerprint density at radius 3 is 2.67 bits per heavy atom. The van der Waals surface area contributed by atoms with Gasteiger partial charge in [0.1, 0.15) is 0 Å². The molecule has 1 amide bonds. The summed E-state index contributed by atoms with van der Waals surface area (Å²) in [5.74, 6) is -0.774. The number of aromatic nitrogens is 2. The maximum Gasteiger partial charge on any atom is 0.290 e. The predicted molar refractivity (Wildman–Crippen MR) is 30.1 cm³/mol. The molecule has 2 N–H and O–H groups in total. The minimum absolute atomic E-state index is 0. The van der Waals surface area contributed by atoms with Gasteiger partial charge in [0.25, 0.3) is 11.7 Å². The van der Waals surface area contributed by atoms with Gasteiger partial charge in [-0.15, -0.1) is 12.4 Å². The van der Waals surface area contributed by atoms with Crippen LogP contribution in [0.15, 0.2) is 10.9 Å². The lowest BCUT2D eigenvalue weighted by atomic mass is 10.6. The molecule has 1 rings (SSSR count). The molecule has 6 heteroatoms. The first-order chi connectivity index (χ1) is 3.80. The Balaban J connectivity index is 0.000000640. The van der Waals surface area contributed by atoms with Gasteiger partial charge in [-0.1, -0.05) is 5.16 Å². The second-order valence-electron chi connectivity index (χ2n) is 1.12. The quantitative estimate of drug-likeness (QED) is 0.589. The summed E-state index contributed by atoms with van der Waals surface area (Å²) in [6.07, 6.45) is 1.04. The lowest BCUT2D eigenvalue weighted by molar-refractivity contribution is 0.0987. The van der Waals surface area contributed by atoms with Gasteiger partial charge in [-0.2, -0.15) is 4.98 Å². The van der Waals surface area contributed by atoms with Gasteiger partial charge in [-0.05, 0) is 0 Å². The Hall–Kier alpha value is -1.10.